The van der Waals surface area contributed by atoms with Crippen molar-refractivity contribution in [1.29, 1.82) is 0 Å². The molecule has 1 unspecified atom stereocenters. The average molecular weight is 270 g/mol. The highest BCUT2D eigenvalue weighted by Gasteiger charge is 2.43. The summed E-state index contributed by atoms with van der Waals surface area (Å²) in [6.45, 7) is 7.65. The van der Waals surface area contributed by atoms with E-state index in [0.717, 1.165) is 6.54 Å². The van der Waals surface area contributed by atoms with Gasteiger partial charge < -0.3 is 4.90 Å². The lowest BCUT2D eigenvalue weighted by Gasteiger charge is -2.45. The Morgan fingerprint density at radius 3 is 2.75 bits per heavy atom. The van der Waals surface area contributed by atoms with Gasteiger partial charge in [0.25, 0.3) is 0 Å². The number of benzene rings is 1. The van der Waals surface area contributed by atoms with E-state index in [1.54, 1.807) is 11.1 Å². The minimum Gasteiger partial charge on any atom is -0.353 e. The number of piperidine rings is 1. The fraction of sp³-hybridized carbons (Fsp3) is 0.611. The van der Waals surface area contributed by atoms with Crippen molar-refractivity contribution in [2.45, 2.75) is 64.0 Å². The maximum Gasteiger partial charge on any atom is 0.0863 e. The minimum atomic E-state index is 0.0107. The first-order valence-corrected chi connectivity index (χ1v) is 7.92. The highest BCUT2D eigenvalue weighted by atomic mass is 15.2. The van der Waals surface area contributed by atoms with Crippen LogP contribution >= 0.6 is 0 Å². The molecule has 20 heavy (non-hydrogen) atoms. The first kappa shape index (κ1) is 13.7. The van der Waals surface area contributed by atoms with Crippen LogP contribution < -0.4 is 0 Å². The number of hydrogen-bond donors (Lipinski definition) is 0. The lowest BCUT2D eigenvalue weighted by molar-refractivity contribution is 0.122. The van der Waals surface area contributed by atoms with E-state index in [1.165, 1.54) is 32.1 Å². The molecule has 2 aliphatic rings. The van der Waals surface area contributed by atoms with Gasteiger partial charge in [-0.3, -0.25) is 4.99 Å². The number of likely N-dealkylation sites (tertiary alicyclic amines) is 1. The van der Waals surface area contributed by atoms with E-state index in [-0.39, 0.29) is 11.1 Å². The molecule has 1 atom stereocenters. The second kappa shape index (κ2) is 4.91. The van der Waals surface area contributed by atoms with Gasteiger partial charge in [-0.1, -0.05) is 24.3 Å². The Morgan fingerprint density at radius 2 is 1.95 bits per heavy atom. The lowest BCUT2D eigenvalue weighted by atomic mass is 9.82. The number of fused-ring (bicyclic) bond motifs is 2. The van der Waals surface area contributed by atoms with E-state index in [2.05, 4.69) is 56.3 Å². The first-order valence-electron chi connectivity index (χ1n) is 7.92. The molecular formula is C18H26N2. The summed E-state index contributed by atoms with van der Waals surface area (Å²) in [6.07, 6.45) is 8.52. The summed E-state index contributed by atoms with van der Waals surface area (Å²) in [5.41, 5.74) is 3.34. The molecule has 3 rings (SSSR count). The first-order chi connectivity index (χ1) is 9.51. The summed E-state index contributed by atoms with van der Waals surface area (Å²) in [4.78, 5) is 7.31. The van der Waals surface area contributed by atoms with Crippen LogP contribution in [0.5, 0.6) is 0 Å². The van der Waals surface area contributed by atoms with Crippen molar-refractivity contribution in [2.75, 3.05) is 6.54 Å². The van der Waals surface area contributed by atoms with Crippen molar-refractivity contribution in [1.82, 2.24) is 4.90 Å². The number of rotatable bonds is 1. The van der Waals surface area contributed by atoms with Gasteiger partial charge in [-0.25, -0.2) is 0 Å². The zero-order valence-corrected chi connectivity index (χ0v) is 13.0. The molecule has 1 aliphatic carbocycles. The van der Waals surface area contributed by atoms with Crippen molar-refractivity contribution in [3.05, 3.63) is 35.4 Å². The Labute approximate surface area is 122 Å². The van der Waals surface area contributed by atoms with Crippen molar-refractivity contribution >= 4 is 6.34 Å². The quantitative estimate of drug-likeness (QED) is 0.553. The molecule has 1 spiro atoms. The summed E-state index contributed by atoms with van der Waals surface area (Å²) in [5, 5.41) is 0. The van der Waals surface area contributed by atoms with Gasteiger partial charge in [-0.05, 0) is 64.0 Å². The minimum absolute atomic E-state index is 0.0107. The molecule has 0 aromatic heterocycles. The number of hydrogen-bond acceptors (Lipinski definition) is 1. The van der Waals surface area contributed by atoms with Crippen LogP contribution in [0, 0.1) is 0 Å². The SMILES string of the molecule is CC(C)(C)N=CN1CCCCC12CCc1ccccc12. The highest BCUT2D eigenvalue weighted by molar-refractivity contribution is 5.59. The number of aryl methyl sites for hydroxylation is 1. The van der Waals surface area contributed by atoms with Crippen LogP contribution in [-0.4, -0.2) is 23.3 Å². The molecule has 1 saturated heterocycles. The van der Waals surface area contributed by atoms with Gasteiger partial charge in [-0.2, -0.15) is 0 Å². The Balaban J connectivity index is 1.96. The zero-order valence-electron chi connectivity index (χ0n) is 13.0. The van der Waals surface area contributed by atoms with E-state index in [0.29, 0.717) is 0 Å². The van der Waals surface area contributed by atoms with Crippen molar-refractivity contribution in [2.24, 2.45) is 4.99 Å². The van der Waals surface area contributed by atoms with Crippen LogP contribution in [0.4, 0.5) is 0 Å². The zero-order chi connectivity index (χ0) is 14.2. The summed E-state index contributed by atoms with van der Waals surface area (Å²) >= 11 is 0. The molecule has 0 bridgehead atoms. The summed E-state index contributed by atoms with van der Waals surface area (Å²) < 4.78 is 0. The normalized spacial score (nSPS) is 26.4. The predicted octanol–water partition coefficient (Wildman–Crippen LogP) is 4.14. The third kappa shape index (κ3) is 2.36. The fourth-order valence-electron chi connectivity index (χ4n) is 3.69. The molecule has 1 aromatic carbocycles. The van der Waals surface area contributed by atoms with Crippen LogP contribution in [0.1, 0.15) is 57.6 Å². The summed E-state index contributed by atoms with van der Waals surface area (Å²) in [5.74, 6) is 0. The molecule has 0 amide bonds. The maximum absolute atomic E-state index is 4.77. The van der Waals surface area contributed by atoms with Crippen molar-refractivity contribution in [3.63, 3.8) is 0 Å². The maximum atomic E-state index is 4.77. The molecule has 1 fully saturated rings. The second-order valence-corrected chi connectivity index (χ2v) is 7.25. The molecule has 108 valence electrons. The van der Waals surface area contributed by atoms with E-state index < -0.39 is 0 Å². The van der Waals surface area contributed by atoms with Gasteiger partial charge in [0.15, 0.2) is 0 Å². The molecule has 0 saturated carbocycles. The smallest absolute Gasteiger partial charge is 0.0863 e. The Hall–Kier alpha value is -1.31. The second-order valence-electron chi connectivity index (χ2n) is 7.25. The van der Waals surface area contributed by atoms with Gasteiger partial charge in [0.1, 0.15) is 0 Å². The average Bonchev–Trinajstić information content (AvgIpc) is 2.77. The molecule has 1 heterocycles. The fourth-order valence-corrected chi connectivity index (χ4v) is 3.69. The molecule has 0 N–H and O–H groups in total. The van der Waals surface area contributed by atoms with Crippen molar-refractivity contribution in [3.8, 4) is 0 Å². The Bertz CT molecular complexity index is 508. The molecule has 2 nitrogen and oxygen atoms in total. The van der Waals surface area contributed by atoms with Gasteiger partial charge in [0.05, 0.1) is 17.4 Å². The number of aliphatic imine (C=N–C) groups is 1. The lowest BCUT2D eigenvalue weighted by Crippen LogP contribution is -2.47. The third-order valence-electron chi connectivity index (χ3n) is 4.70. The highest BCUT2D eigenvalue weighted by Crippen LogP contribution is 2.46. The molecule has 0 radical (unpaired) electrons. The summed E-state index contributed by atoms with van der Waals surface area (Å²) in [6, 6.07) is 9.01. The molecular weight excluding hydrogens is 244 g/mol. The molecule has 1 aromatic rings. The van der Waals surface area contributed by atoms with Crippen molar-refractivity contribution < 1.29 is 0 Å². The standard InChI is InChI=1S/C18H26N2/c1-17(2,3)19-14-20-13-7-6-11-18(20)12-10-15-8-4-5-9-16(15)18/h4-5,8-9,14H,6-7,10-13H2,1-3H3. The van der Waals surface area contributed by atoms with E-state index >= 15 is 0 Å². The molecule has 1 aliphatic heterocycles. The molecule has 2 heteroatoms. The van der Waals surface area contributed by atoms with Crippen LogP contribution in [0.25, 0.3) is 0 Å². The largest absolute Gasteiger partial charge is 0.353 e. The van der Waals surface area contributed by atoms with Gasteiger partial charge in [0.2, 0.25) is 0 Å². The van der Waals surface area contributed by atoms with Gasteiger partial charge in [-0.15, -0.1) is 0 Å². The van der Waals surface area contributed by atoms with Gasteiger partial charge >= 0.3 is 0 Å². The van der Waals surface area contributed by atoms with E-state index in [4.69, 9.17) is 4.99 Å². The van der Waals surface area contributed by atoms with Crippen LogP contribution in [0.15, 0.2) is 29.3 Å². The third-order valence-corrected chi connectivity index (χ3v) is 4.70. The van der Waals surface area contributed by atoms with Crippen LogP contribution in [0.2, 0.25) is 0 Å². The van der Waals surface area contributed by atoms with Crippen LogP contribution in [-0.2, 0) is 12.0 Å². The Kier molecular flexibility index (Phi) is 3.35. The predicted molar refractivity (Wildman–Crippen MR) is 85.2 cm³/mol. The van der Waals surface area contributed by atoms with E-state index in [9.17, 15) is 0 Å². The topological polar surface area (TPSA) is 15.6 Å². The summed E-state index contributed by atoms with van der Waals surface area (Å²) in [7, 11) is 0. The Morgan fingerprint density at radius 1 is 1.15 bits per heavy atom. The number of nitrogens with zero attached hydrogens (tertiary/aromatic N) is 2. The van der Waals surface area contributed by atoms with E-state index in [1.807, 2.05) is 0 Å². The van der Waals surface area contributed by atoms with Gasteiger partial charge in [0, 0.05) is 6.54 Å². The monoisotopic (exact) mass is 270 g/mol. The van der Waals surface area contributed by atoms with Crippen LogP contribution in [0.3, 0.4) is 0 Å².